The molecule has 0 saturated heterocycles. The van der Waals surface area contributed by atoms with Crippen molar-refractivity contribution in [2.45, 2.75) is 24.4 Å². The minimum atomic E-state index is -0.920. The minimum absolute atomic E-state index is 0.256. The average Bonchev–Trinajstić information content (AvgIpc) is 3.45. The van der Waals surface area contributed by atoms with Gasteiger partial charge in [-0.1, -0.05) is 45.7 Å². The molecule has 5 rings (SSSR count). The highest BCUT2D eigenvalue weighted by molar-refractivity contribution is 9.10. The fourth-order valence-corrected chi connectivity index (χ4v) is 4.27. The monoisotopic (exact) mass is 480 g/mol. The normalized spacial score (nSPS) is 18.6. The summed E-state index contributed by atoms with van der Waals surface area (Å²) in [4.78, 5) is 17.4. The summed E-state index contributed by atoms with van der Waals surface area (Å²) in [7, 11) is 0. The molecule has 0 spiro atoms. The molecule has 2 heterocycles. The molecule has 1 atom stereocenters. The maximum absolute atomic E-state index is 13.1. The highest BCUT2D eigenvalue weighted by atomic mass is 79.9. The Morgan fingerprint density at radius 2 is 2.00 bits per heavy atom. The molecule has 6 nitrogen and oxygen atoms in total. The van der Waals surface area contributed by atoms with E-state index in [-0.39, 0.29) is 11.7 Å². The number of aromatic nitrogens is 2. The number of carbonyl (C=O) groups is 1. The van der Waals surface area contributed by atoms with Gasteiger partial charge in [-0.2, -0.15) is 15.0 Å². The van der Waals surface area contributed by atoms with Crippen LogP contribution in [0.3, 0.4) is 0 Å². The van der Waals surface area contributed by atoms with Gasteiger partial charge >= 0.3 is 0 Å². The maximum atomic E-state index is 13.1. The van der Waals surface area contributed by atoms with Crippen LogP contribution in [-0.2, 0) is 5.41 Å². The zero-order chi connectivity index (χ0) is 20.9. The molecule has 0 amide bonds. The molecule has 1 fully saturated rings. The first-order chi connectivity index (χ1) is 14.5. The van der Waals surface area contributed by atoms with Crippen molar-refractivity contribution in [2.75, 3.05) is 0 Å². The Kier molecular flexibility index (Phi) is 4.49. The van der Waals surface area contributed by atoms with Crippen molar-refractivity contribution in [1.29, 1.82) is 5.26 Å². The van der Waals surface area contributed by atoms with E-state index in [9.17, 15) is 10.1 Å². The molecule has 0 radical (unpaired) electrons. The number of benzene rings is 2. The molecule has 0 bridgehead atoms. The van der Waals surface area contributed by atoms with Crippen molar-refractivity contribution in [3.8, 4) is 11.8 Å². The SMILES string of the molecule is N#Cc1c(C2(c3ccc(Cl)cc3)CC2)nn2c1N=CC(Oc1cccc(Br)c1)C2=O. The van der Waals surface area contributed by atoms with Crippen molar-refractivity contribution in [1.82, 2.24) is 9.78 Å². The van der Waals surface area contributed by atoms with Gasteiger partial charge in [-0.15, -0.1) is 0 Å². The molecule has 3 aromatic rings. The number of nitriles is 1. The smallest absolute Gasteiger partial charge is 0.295 e. The van der Waals surface area contributed by atoms with Crippen molar-refractivity contribution in [3.63, 3.8) is 0 Å². The predicted molar refractivity (Wildman–Crippen MR) is 116 cm³/mol. The fourth-order valence-electron chi connectivity index (χ4n) is 3.77. The van der Waals surface area contributed by atoms with Crippen molar-refractivity contribution in [2.24, 2.45) is 4.99 Å². The third-order valence-electron chi connectivity index (χ3n) is 5.42. The van der Waals surface area contributed by atoms with E-state index >= 15 is 0 Å². The number of hydrogen-bond acceptors (Lipinski definition) is 5. The lowest BCUT2D eigenvalue weighted by molar-refractivity contribution is 0.0767. The number of nitrogens with zero attached hydrogens (tertiary/aromatic N) is 4. The molecule has 1 unspecified atom stereocenters. The number of halogens is 2. The summed E-state index contributed by atoms with van der Waals surface area (Å²) in [5, 5.41) is 15.0. The lowest BCUT2D eigenvalue weighted by Gasteiger charge is -2.17. The van der Waals surface area contributed by atoms with Gasteiger partial charge in [0, 0.05) is 14.9 Å². The summed E-state index contributed by atoms with van der Waals surface area (Å²) in [6.45, 7) is 0. The van der Waals surface area contributed by atoms with Gasteiger partial charge in [-0.3, -0.25) is 4.79 Å². The Labute approximate surface area is 185 Å². The van der Waals surface area contributed by atoms with Crippen LogP contribution in [0.2, 0.25) is 5.02 Å². The number of hydrogen-bond donors (Lipinski definition) is 0. The number of aliphatic imine (C=N–C) groups is 1. The summed E-state index contributed by atoms with van der Waals surface area (Å²) in [5.74, 6) is 0.409. The Morgan fingerprint density at radius 3 is 2.67 bits per heavy atom. The largest absolute Gasteiger partial charge is 0.475 e. The van der Waals surface area contributed by atoms with Crippen LogP contribution in [0.5, 0.6) is 5.75 Å². The number of rotatable bonds is 4. The number of fused-ring (bicyclic) bond motifs is 1. The Bertz CT molecular complexity index is 1240. The Balaban J connectivity index is 1.52. The Morgan fingerprint density at radius 1 is 1.23 bits per heavy atom. The van der Waals surface area contributed by atoms with Gasteiger partial charge in [-0.25, -0.2) is 4.99 Å². The molecule has 1 aliphatic heterocycles. The molecule has 2 aromatic carbocycles. The molecule has 148 valence electrons. The van der Waals surface area contributed by atoms with Crippen LogP contribution in [0.1, 0.15) is 34.5 Å². The van der Waals surface area contributed by atoms with E-state index in [2.05, 4.69) is 32.1 Å². The van der Waals surface area contributed by atoms with Crippen LogP contribution in [0.4, 0.5) is 5.82 Å². The molecular formula is C22H14BrClN4O2. The van der Waals surface area contributed by atoms with Gasteiger partial charge in [0.25, 0.3) is 5.91 Å². The lowest BCUT2D eigenvalue weighted by Crippen LogP contribution is -2.36. The van der Waals surface area contributed by atoms with Crippen LogP contribution in [0.15, 0.2) is 58.0 Å². The molecule has 30 heavy (non-hydrogen) atoms. The first kappa shape index (κ1) is 19.0. The zero-order valence-corrected chi connectivity index (χ0v) is 17.9. The van der Waals surface area contributed by atoms with E-state index < -0.39 is 11.5 Å². The van der Waals surface area contributed by atoms with Gasteiger partial charge in [0.2, 0.25) is 6.10 Å². The first-order valence-electron chi connectivity index (χ1n) is 9.32. The van der Waals surface area contributed by atoms with Gasteiger partial charge in [0.1, 0.15) is 17.4 Å². The lowest BCUT2D eigenvalue weighted by atomic mass is 9.90. The summed E-state index contributed by atoms with van der Waals surface area (Å²) >= 11 is 9.41. The molecule has 8 heteroatoms. The molecule has 1 aliphatic carbocycles. The molecule has 1 saturated carbocycles. The third-order valence-corrected chi connectivity index (χ3v) is 6.16. The van der Waals surface area contributed by atoms with E-state index in [0.717, 1.165) is 22.9 Å². The average molecular weight is 482 g/mol. The highest BCUT2D eigenvalue weighted by Crippen LogP contribution is 2.55. The molecule has 2 aliphatic rings. The van der Waals surface area contributed by atoms with Crippen molar-refractivity contribution < 1.29 is 9.53 Å². The zero-order valence-electron chi connectivity index (χ0n) is 15.5. The second-order valence-electron chi connectivity index (χ2n) is 7.27. The van der Waals surface area contributed by atoms with Crippen LogP contribution >= 0.6 is 27.5 Å². The van der Waals surface area contributed by atoms with E-state index in [1.54, 1.807) is 12.1 Å². The van der Waals surface area contributed by atoms with E-state index in [0.29, 0.717) is 22.0 Å². The van der Waals surface area contributed by atoms with Crippen LogP contribution in [0, 0.1) is 11.3 Å². The second kappa shape index (κ2) is 7.08. The highest BCUT2D eigenvalue weighted by Gasteiger charge is 2.51. The van der Waals surface area contributed by atoms with Crippen molar-refractivity contribution >= 4 is 45.5 Å². The summed E-state index contributed by atoms with van der Waals surface area (Å²) in [5.41, 5.74) is 1.54. The maximum Gasteiger partial charge on any atom is 0.295 e. The van der Waals surface area contributed by atoms with E-state index in [1.165, 1.54) is 10.9 Å². The standard InChI is InChI=1S/C22H14BrClN4O2/c23-14-2-1-3-16(10-14)30-18-12-26-20-17(11-25)19(27-28(20)21(18)29)22(8-9-22)13-4-6-15(24)7-5-13/h1-7,10,12,18H,8-9H2. The first-order valence-corrected chi connectivity index (χ1v) is 10.5. The number of ether oxygens (including phenoxy) is 1. The minimum Gasteiger partial charge on any atom is -0.475 e. The fraction of sp³-hybridized carbons (Fsp3) is 0.182. The molecule has 1 aromatic heterocycles. The second-order valence-corrected chi connectivity index (χ2v) is 8.62. The third kappa shape index (κ3) is 3.04. The summed E-state index contributed by atoms with van der Waals surface area (Å²) in [6.07, 6.45) is 2.19. The number of carbonyl (C=O) groups excluding carboxylic acids is 1. The Hall–Kier alpha value is -2.95. The topological polar surface area (TPSA) is 80.3 Å². The summed E-state index contributed by atoms with van der Waals surface area (Å²) < 4.78 is 7.84. The van der Waals surface area contributed by atoms with Gasteiger partial charge in [0.15, 0.2) is 5.82 Å². The van der Waals surface area contributed by atoms with E-state index in [1.807, 2.05) is 36.4 Å². The van der Waals surface area contributed by atoms with Crippen molar-refractivity contribution in [3.05, 3.63) is 74.8 Å². The predicted octanol–water partition coefficient (Wildman–Crippen LogP) is 5.05. The van der Waals surface area contributed by atoms with E-state index in [4.69, 9.17) is 16.3 Å². The molecular weight excluding hydrogens is 468 g/mol. The van der Waals surface area contributed by atoms with Gasteiger partial charge in [-0.05, 0) is 48.7 Å². The van der Waals surface area contributed by atoms with Gasteiger partial charge in [0.05, 0.1) is 11.9 Å². The van der Waals surface area contributed by atoms with Gasteiger partial charge < -0.3 is 4.74 Å². The van der Waals surface area contributed by atoms with Crippen LogP contribution < -0.4 is 4.74 Å². The summed E-state index contributed by atoms with van der Waals surface area (Å²) in [6, 6.07) is 17.0. The van der Waals surface area contributed by atoms with Crippen LogP contribution in [-0.4, -0.2) is 28.0 Å². The quantitative estimate of drug-likeness (QED) is 0.522. The van der Waals surface area contributed by atoms with Crippen LogP contribution in [0.25, 0.3) is 0 Å². The molecule has 0 N–H and O–H groups in total.